The molecule has 0 spiro atoms. The summed E-state index contributed by atoms with van der Waals surface area (Å²) in [7, 11) is -3.51. The molecule has 0 unspecified atom stereocenters. The molecule has 0 amide bonds. The SMILES string of the molecule is CC1=C[C@@H]([B-](CCC(C)(C)C)(c2c(F)c(F)c(F)c(F)c2F)c2c(F)c(F)c(F)c(F)c2F)[P+](c2c(C)cc(C)cc2C)(c2c(C)cc(C)cc2C)C1. The van der Waals surface area contributed by atoms with E-state index in [1.807, 2.05) is 38.1 Å². The van der Waals surface area contributed by atoms with Crippen LogP contribution in [0.3, 0.4) is 0 Å². The molecule has 0 N–H and O–H groups in total. The van der Waals surface area contributed by atoms with Crippen LogP contribution in [0.4, 0.5) is 43.9 Å². The predicted molar refractivity (Wildman–Crippen MR) is 196 cm³/mol. The average molecular weight is 767 g/mol. The van der Waals surface area contributed by atoms with E-state index >= 15 is 35.1 Å². The van der Waals surface area contributed by atoms with Crippen molar-refractivity contribution in [3.8, 4) is 0 Å². The summed E-state index contributed by atoms with van der Waals surface area (Å²) in [5, 5.41) is 1.32. The highest BCUT2D eigenvalue weighted by molar-refractivity contribution is 7.93. The third kappa shape index (κ3) is 6.33. The third-order valence-corrected chi connectivity index (χ3v) is 16.7. The fraction of sp³-hybridized carbons (Fsp3) is 0.366. The lowest BCUT2D eigenvalue weighted by Gasteiger charge is -2.51. The van der Waals surface area contributed by atoms with E-state index in [1.165, 1.54) is 6.08 Å². The summed E-state index contributed by atoms with van der Waals surface area (Å²) in [5.41, 5.74) is -0.478. The molecule has 1 atom stereocenters. The number of hydrogen-bond acceptors (Lipinski definition) is 0. The number of benzene rings is 4. The minimum absolute atomic E-state index is 0.136. The highest BCUT2D eigenvalue weighted by Crippen LogP contribution is 2.70. The third-order valence-electron chi connectivity index (χ3n) is 11.0. The normalized spacial score (nSPS) is 16.1. The first-order chi connectivity index (χ1) is 24.4. The van der Waals surface area contributed by atoms with Gasteiger partial charge >= 0.3 is 0 Å². The van der Waals surface area contributed by atoms with Gasteiger partial charge in [-0.2, -0.15) is 6.32 Å². The standard InChI is InChI=1S/C41H42BF10P/c1-19-13-22(4)39(23(5)14-19)53(40-24(6)15-20(2)16-25(40)7)18-21(3)17-26(53)42(12-11-41(8,9)10,27-29(43)33(47)37(51)34(48)30(27)44)28-31(45)35(49)38(52)36(50)32(28)46/h13-17,26H,11-12,18H2,1-10H3/t26-/m0/s1. The summed E-state index contributed by atoms with van der Waals surface area (Å²) in [4.78, 5) is 0. The van der Waals surface area contributed by atoms with E-state index in [0.717, 1.165) is 11.1 Å². The van der Waals surface area contributed by atoms with Gasteiger partial charge in [0, 0.05) is 0 Å². The molecule has 4 aromatic carbocycles. The van der Waals surface area contributed by atoms with Crippen LogP contribution in [0.2, 0.25) is 6.32 Å². The maximum Gasteiger partial charge on any atom is 0.200 e. The average Bonchev–Trinajstić information content (AvgIpc) is 3.38. The van der Waals surface area contributed by atoms with E-state index in [1.54, 1.807) is 55.4 Å². The molecule has 0 saturated heterocycles. The topological polar surface area (TPSA) is 0 Å². The largest absolute Gasteiger partial charge is 0.207 e. The van der Waals surface area contributed by atoms with Crippen molar-refractivity contribution in [1.82, 2.24) is 0 Å². The van der Waals surface area contributed by atoms with Crippen molar-refractivity contribution in [2.24, 2.45) is 5.41 Å². The molecule has 0 nitrogen and oxygen atoms in total. The van der Waals surface area contributed by atoms with Gasteiger partial charge in [0.05, 0.1) is 13.4 Å². The van der Waals surface area contributed by atoms with Crippen LogP contribution >= 0.6 is 7.26 Å². The molecule has 53 heavy (non-hydrogen) atoms. The van der Waals surface area contributed by atoms with Gasteiger partial charge in [-0.05, 0) is 87.3 Å². The molecule has 1 aliphatic heterocycles. The second kappa shape index (κ2) is 13.9. The van der Waals surface area contributed by atoms with E-state index in [2.05, 4.69) is 0 Å². The molecule has 1 aliphatic rings. The van der Waals surface area contributed by atoms with Crippen LogP contribution in [0.15, 0.2) is 35.9 Å². The molecule has 1 heterocycles. The summed E-state index contributed by atoms with van der Waals surface area (Å²) in [5.74, 6) is -24.1. The first kappa shape index (κ1) is 40.6. The number of hydrogen-bond donors (Lipinski definition) is 0. The van der Waals surface area contributed by atoms with Gasteiger partial charge in [0.15, 0.2) is 34.9 Å². The molecule has 284 valence electrons. The lowest BCUT2D eigenvalue weighted by Crippen LogP contribution is -2.71. The number of rotatable bonds is 7. The zero-order valence-corrected chi connectivity index (χ0v) is 32.3. The van der Waals surface area contributed by atoms with Gasteiger partial charge in [-0.25, -0.2) is 43.9 Å². The van der Waals surface area contributed by atoms with Gasteiger partial charge in [0.1, 0.15) is 40.0 Å². The Morgan fingerprint density at radius 1 is 0.528 bits per heavy atom. The molecule has 0 radical (unpaired) electrons. The van der Waals surface area contributed by atoms with Crippen LogP contribution in [0.1, 0.15) is 67.5 Å². The van der Waals surface area contributed by atoms with Gasteiger partial charge in [-0.15, -0.1) is 10.9 Å². The van der Waals surface area contributed by atoms with Crippen LogP contribution in [0.25, 0.3) is 0 Å². The molecule has 0 saturated carbocycles. The highest BCUT2D eigenvalue weighted by atomic mass is 31.2. The van der Waals surface area contributed by atoms with E-state index in [-0.39, 0.29) is 12.6 Å². The number of allylic oxidation sites excluding steroid dienone is 2. The minimum atomic E-state index is -4.18. The molecule has 0 aromatic heterocycles. The smallest absolute Gasteiger partial charge is 0.200 e. The quantitative estimate of drug-likeness (QED) is 0.0439. The van der Waals surface area contributed by atoms with Crippen molar-refractivity contribution >= 4 is 34.9 Å². The Morgan fingerprint density at radius 2 is 0.830 bits per heavy atom. The summed E-state index contributed by atoms with van der Waals surface area (Å²) < 4.78 is 159. The van der Waals surface area contributed by atoms with Crippen LogP contribution in [0.5, 0.6) is 0 Å². The molecule has 0 bridgehead atoms. The fourth-order valence-electron chi connectivity index (χ4n) is 9.49. The number of aryl methyl sites for hydroxylation is 6. The van der Waals surface area contributed by atoms with Crippen molar-refractivity contribution < 1.29 is 43.9 Å². The van der Waals surface area contributed by atoms with Crippen molar-refractivity contribution in [2.75, 3.05) is 6.16 Å². The molecule has 0 aliphatic carbocycles. The van der Waals surface area contributed by atoms with Crippen LogP contribution in [-0.4, -0.2) is 17.9 Å². The summed E-state index contributed by atoms with van der Waals surface area (Å²) in [6.45, 7) is 17.7. The first-order valence-electron chi connectivity index (χ1n) is 17.4. The molecular weight excluding hydrogens is 724 g/mol. The summed E-state index contributed by atoms with van der Waals surface area (Å²) in [6.07, 6.45) is -3.39. The predicted octanol–water partition coefficient (Wildman–Crippen LogP) is 10.5. The van der Waals surface area contributed by atoms with Crippen molar-refractivity contribution in [3.05, 3.63) is 127 Å². The van der Waals surface area contributed by atoms with Crippen LogP contribution in [0, 0.1) is 105 Å². The Hall–Kier alpha value is -3.59. The molecule has 12 heteroatoms. The Balaban J connectivity index is 2.21. The van der Waals surface area contributed by atoms with Crippen LogP contribution in [-0.2, 0) is 0 Å². The molecule has 0 fully saturated rings. The maximum atomic E-state index is 16.8. The zero-order chi connectivity index (χ0) is 39.9. The Labute approximate surface area is 305 Å². The van der Waals surface area contributed by atoms with E-state index in [9.17, 15) is 8.78 Å². The summed E-state index contributed by atoms with van der Waals surface area (Å²) in [6, 6.07) is 7.48. The lowest BCUT2D eigenvalue weighted by atomic mass is 9.14. The molecule has 4 aromatic rings. The molecular formula is C41H42BF10P. The van der Waals surface area contributed by atoms with E-state index in [4.69, 9.17) is 0 Å². The van der Waals surface area contributed by atoms with Crippen LogP contribution < -0.4 is 21.5 Å². The Kier molecular flexibility index (Phi) is 10.7. The molecule has 5 rings (SSSR count). The maximum absolute atomic E-state index is 16.8. The highest BCUT2D eigenvalue weighted by Gasteiger charge is 2.62. The minimum Gasteiger partial charge on any atom is -0.207 e. The second-order valence-electron chi connectivity index (χ2n) is 16.2. The number of halogens is 10. The summed E-state index contributed by atoms with van der Waals surface area (Å²) >= 11 is 0. The Morgan fingerprint density at radius 3 is 1.13 bits per heavy atom. The van der Waals surface area contributed by atoms with Gasteiger partial charge < -0.3 is 0 Å². The van der Waals surface area contributed by atoms with E-state index < -0.39 is 99.8 Å². The van der Waals surface area contributed by atoms with Gasteiger partial charge in [0.2, 0.25) is 0 Å². The fourth-order valence-corrected chi connectivity index (χ4v) is 16.3. The van der Waals surface area contributed by atoms with Gasteiger partial charge in [-0.3, -0.25) is 0 Å². The lowest BCUT2D eigenvalue weighted by molar-refractivity contribution is 0.379. The first-order valence-corrected chi connectivity index (χ1v) is 19.4. The van der Waals surface area contributed by atoms with E-state index in [0.29, 0.717) is 38.4 Å². The van der Waals surface area contributed by atoms with Crippen molar-refractivity contribution in [3.63, 3.8) is 0 Å². The van der Waals surface area contributed by atoms with Crippen molar-refractivity contribution in [2.45, 2.75) is 87.5 Å². The zero-order valence-electron chi connectivity index (χ0n) is 31.4. The second-order valence-corrected chi connectivity index (χ2v) is 19.8. The van der Waals surface area contributed by atoms with Gasteiger partial charge in [-0.1, -0.05) is 68.7 Å². The van der Waals surface area contributed by atoms with Gasteiger partial charge in [0.25, 0.3) is 0 Å². The monoisotopic (exact) mass is 766 g/mol. The van der Waals surface area contributed by atoms with Crippen molar-refractivity contribution in [1.29, 1.82) is 0 Å². The Bertz CT molecular complexity index is 1970.